The molecule has 1 aliphatic rings. The number of hydrogen-bond donors (Lipinski definition) is 2. The summed E-state index contributed by atoms with van der Waals surface area (Å²) in [6.07, 6.45) is 2.11. The highest BCUT2D eigenvalue weighted by molar-refractivity contribution is 5.77. The molecule has 2 rings (SSSR count). The molecule has 0 spiro atoms. The number of aliphatic hydroxyl groups is 1. The number of carbonyl (C=O) groups is 1. The molecule has 1 amide bonds. The standard InChI is InChI=1S/C16H24N2O3/c1-16(20,14-5-4-10-18(14)3)12-6-8-13(9-7-12)21-11-15(19)17-2/h6-9,14,20H,4-5,10-11H2,1-3H3,(H,17,19)/t14-,16?/m1/s1. The van der Waals surface area contributed by atoms with Crippen LogP contribution in [0.1, 0.15) is 25.3 Å². The zero-order chi connectivity index (χ0) is 15.5. The van der Waals surface area contributed by atoms with Gasteiger partial charge in [0.05, 0.1) is 0 Å². The number of carbonyl (C=O) groups excluding carboxylic acids is 1. The molecule has 5 heteroatoms. The predicted molar refractivity (Wildman–Crippen MR) is 81.2 cm³/mol. The molecular formula is C16H24N2O3. The van der Waals surface area contributed by atoms with E-state index in [1.807, 2.05) is 26.1 Å². The lowest BCUT2D eigenvalue weighted by atomic mass is 9.87. The smallest absolute Gasteiger partial charge is 0.257 e. The molecule has 2 N–H and O–H groups in total. The van der Waals surface area contributed by atoms with Crippen molar-refractivity contribution < 1.29 is 14.6 Å². The van der Waals surface area contributed by atoms with Crippen LogP contribution in [0.2, 0.25) is 0 Å². The Morgan fingerprint density at radius 2 is 2.14 bits per heavy atom. The number of rotatable bonds is 5. The first kappa shape index (κ1) is 15.8. The Bertz CT molecular complexity index is 485. The number of nitrogens with one attached hydrogen (secondary N) is 1. The van der Waals surface area contributed by atoms with E-state index < -0.39 is 5.60 Å². The van der Waals surface area contributed by atoms with E-state index in [2.05, 4.69) is 10.2 Å². The van der Waals surface area contributed by atoms with Crippen LogP contribution in [-0.2, 0) is 10.4 Å². The van der Waals surface area contributed by atoms with Crippen LogP contribution >= 0.6 is 0 Å². The maximum Gasteiger partial charge on any atom is 0.257 e. The molecule has 0 aromatic heterocycles. The summed E-state index contributed by atoms with van der Waals surface area (Å²) in [5, 5.41) is 13.4. The van der Waals surface area contributed by atoms with Gasteiger partial charge >= 0.3 is 0 Å². The van der Waals surface area contributed by atoms with Crippen molar-refractivity contribution in [3.8, 4) is 5.75 Å². The van der Waals surface area contributed by atoms with Gasteiger partial charge in [-0.2, -0.15) is 0 Å². The summed E-state index contributed by atoms with van der Waals surface area (Å²) in [4.78, 5) is 13.3. The third kappa shape index (κ3) is 3.54. The monoisotopic (exact) mass is 292 g/mol. The Kier molecular flexibility index (Phi) is 4.85. The first-order valence-corrected chi connectivity index (χ1v) is 7.31. The van der Waals surface area contributed by atoms with Gasteiger partial charge in [-0.3, -0.25) is 4.79 Å². The van der Waals surface area contributed by atoms with E-state index in [0.717, 1.165) is 24.9 Å². The largest absolute Gasteiger partial charge is 0.484 e. The van der Waals surface area contributed by atoms with E-state index in [4.69, 9.17) is 4.74 Å². The highest BCUT2D eigenvalue weighted by Crippen LogP contribution is 2.34. The van der Waals surface area contributed by atoms with Crippen LogP contribution in [0.15, 0.2) is 24.3 Å². The molecule has 1 aromatic rings. The lowest BCUT2D eigenvalue weighted by molar-refractivity contribution is -0.122. The Labute approximate surface area is 125 Å². The first-order chi connectivity index (χ1) is 9.95. The second-order valence-electron chi connectivity index (χ2n) is 5.77. The van der Waals surface area contributed by atoms with Gasteiger partial charge in [0.2, 0.25) is 0 Å². The van der Waals surface area contributed by atoms with E-state index in [1.54, 1.807) is 19.2 Å². The van der Waals surface area contributed by atoms with E-state index >= 15 is 0 Å². The highest BCUT2D eigenvalue weighted by Gasteiger charge is 2.38. The third-order valence-corrected chi connectivity index (χ3v) is 4.26. The summed E-state index contributed by atoms with van der Waals surface area (Å²) in [7, 11) is 3.62. The lowest BCUT2D eigenvalue weighted by Crippen LogP contribution is -2.43. The number of ether oxygens (including phenoxy) is 1. The molecule has 1 aliphatic heterocycles. The fourth-order valence-corrected chi connectivity index (χ4v) is 2.92. The molecule has 0 aliphatic carbocycles. The molecule has 0 radical (unpaired) electrons. The van der Waals surface area contributed by atoms with Gasteiger partial charge in [-0.25, -0.2) is 0 Å². The van der Waals surface area contributed by atoms with Crippen molar-refractivity contribution in [3.63, 3.8) is 0 Å². The van der Waals surface area contributed by atoms with Gasteiger partial charge in [0.15, 0.2) is 6.61 Å². The average Bonchev–Trinajstić information content (AvgIpc) is 2.92. The van der Waals surface area contributed by atoms with Gasteiger partial charge in [0.25, 0.3) is 5.91 Å². The van der Waals surface area contributed by atoms with Crippen molar-refractivity contribution in [2.75, 3.05) is 27.2 Å². The molecule has 2 atom stereocenters. The van der Waals surface area contributed by atoms with Gasteiger partial charge < -0.3 is 20.1 Å². The van der Waals surface area contributed by atoms with Crippen molar-refractivity contribution in [3.05, 3.63) is 29.8 Å². The number of likely N-dealkylation sites (N-methyl/N-ethyl adjacent to an activating group) is 2. The number of benzene rings is 1. The summed E-state index contributed by atoms with van der Waals surface area (Å²) in [6, 6.07) is 7.45. The average molecular weight is 292 g/mol. The van der Waals surface area contributed by atoms with Crippen LogP contribution in [0.5, 0.6) is 5.75 Å². The molecule has 1 unspecified atom stereocenters. The normalized spacial score (nSPS) is 21.8. The molecule has 1 heterocycles. The summed E-state index contributed by atoms with van der Waals surface area (Å²) in [6.45, 7) is 2.88. The second-order valence-corrected chi connectivity index (χ2v) is 5.77. The van der Waals surface area contributed by atoms with Crippen LogP contribution in [0.25, 0.3) is 0 Å². The van der Waals surface area contributed by atoms with Crippen LogP contribution in [0.4, 0.5) is 0 Å². The SMILES string of the molecule is CNC(=O)COc1ccc(C(C)(O)[C@H]2CCCN2C)cc1. The Morgan fingerprint density at radius 1 is 1.48 bits per heavy atom. The zero-order valence-corrected chi connectivity index (χ0v) is 12.9. The summed E-state index contributed by atoms with van der Waals surface area (Å²) >= 11 is 0. The predicted octanol–water partition coefficient (Wildman–Crippen LogP) is 1.11. The summed E-state index contributed by atoms with van der Waals surface area (Å²) in [5.41, 5.74) is -0.0153. The molecule has 5 nitrogen and oxygen atoms in total. The lowest BCUT2D eigenvalue weighted by Gasteiger charge is -2.35. The van der Waals surface area contributed by atoms with Gasteiger partial charge in [-0.15, -0.1) is 0 Å². The maximum atomic E-state index is 11.1. The first-order valence-electron chi connectivity index (χ1n) is 7.31. The minimum absolute atomic E-state index is 0.00238. The van der Waals surface area contributed by atoms with Crippen LogP contribution < -0.4 is 10.1 Å². The van der Waals surface area contributed by atoms with E-state index in [-0.39, 0.29) is 18.6 Å². The van der Waals surface area contributed by atoms with Crippen LogP contribution in [0, 0.1) is 0 Å². The molecule has 1 saturated heterocycles. The van der Waals surface area contributed by atoms with Crippen molar-refractivity contribution in [2.24, 2.45) is 0 Å². The number of hydrogen-bond acceptors (Lipinski definition) is 4. The van der Waals surface area contributed by atoms with Crippen molar-refractivity contribution in [1.82, 2.24) is 10.2 Å². The maximum absolute atomic E-state index is 11.1. The molecule has 116 valence electrons. The number of likely N-dealkylation sites (tertiary alicyclic amines) is 1. The Hall–Kier alpha value is -1.59. The van der Waals surface area contributed by atoms with Crippen molar-refractivity contribution in [2.45, 2.75) is 31.4 Å². The molecule has 0 saturated carbocycles. The molecule has 21 heavy (non-hydrogen) atoms. The van der Waals surface area contributed by atoms with Crippen molar-refractivity contribution in [1.29, 1.82) is 0 Å². The number of amides is 1. The molecule has 1 aromatic carbocycles. The van der Waals surface area contributed by atoms with Gasteiger partial charge in [0.1, 0.15) is 11.4 Å². The topological polar surface area (TPSA) is 61.8 Å². The minimum atomic E-state index is -0.884. The van der Waals surface area contributed by atoms with Crippen LogP contribution in [-0.4, -0.2) is 49.2 Å². The number of nitrogens with zero attached hydrogens (tertiary/aromatic N) is 1. The Morgan fingerprint density at radius 3 is 2.67 bits per heavy atom. The van der Waals surface area contributed by atoms with Gasteiger partial charge in [-0.05, 0) is 51.1 Å². The van der Waals surface area contributed by atoms with Gasteiger partial charge in [0, 0.05) is 13.1 Å². The minimum Gasteiger partial charge on any atom is -0.484 e. The Balaban J connectivity index is 2.05. The zero-order valence-electron chi connectivity index (χ0n) is 12.9. The van der Waals surface area contributed by atoms with E-state index in [0.29, 0.717) is 5.75 Å². The molecule has 0 bridgehead atoms. The van der Waals surface area contributed by atoms with Crippen LogP contribution in [0.3, 0.4) is 0 Å². The molecular weight excluding hydrogens is 268 g/mol. The third-order valence-electron chi connectivity index (χ3n) is 4.26. The fraction of sp³-hybridized carbons (Fsp3) is 0.562. The molecule has 1 fully saturated rings. The van der Waals surface area contributed by atoms with E-state index in [9.17, 15) is 9.90 Å². The second kappa shape index (κ2) is 6.45. The fourth-order valence-electron chi connectivity index (χ4n) is 2.92. The quantitative estimate of drug-likeness (QED) is 0.853. The summed E-state index contributed by atoms with van der Waals surface area (Å²) < 4.78 is 5.37. The van der Waals surface area contributed by atoms with Crippen molar-refractivity contribution >= 4 is 5.91 Å². The summed E-state index contributed by atoms with van der Waals surface area (Å²) in [5.74, 6) is 0.455. The van der Waals surface area contributed by atoms with Gasteiger partial charge in [-0.1, -0.05) is 12.1 Å². The van der Waals surface area contributed by atoms with E-state index in [1.165, 1.54) is 0 Å². The highest BCUT2D eigenvalue weighted by atomic mass is 16.5.